The lowest BCUT2D eigenvalue weighted by molar-refractivity contribution is 0.413. The van der Waals surface area contributed by atoms with Crippen LogP contribution in [0.15, 0.2) is 36.4 Å². The van der Waals surface area contributed by atoms with Gasteiger partial charge in [0.2, 0.25) is 0 Å². The van der Waals surface area contributed by atoms with Gasteiger partial charge in [-0.05, 0) is 42.2 Å². The van der Waals surface area contributed by atoms with Crippen LogP contribution in [0, 0.1) is 6.92 Å². The Morgan fingerprint density at radius 2 is 1.95 bits per heavy atom. The van der Waals surface area contributed by atoms with E-state index in [9.17, 15) is 0 Å². The molecule has 2 nitrogen and oxygen atoms in total. The Kier molecular flexibility index (Phi) is 3.68. The van der Waals surface area contributed by atoms with Crippen molar-refractivity contribution in [2.75, 3.05) is 13.7 Å². The smallest absolute Gasteiger partial charge is 0.137 e. The summed E-state index contributed by atoms with van der Waals surface area (Å²) in [5, 5.41) is 4.27. The summed E-state index contributed by atoms with van der Waals surface area (Å²) >= 11 is 6.23. The van der Waals surface area contributed by atoms with Crippen LogP contribution in [-0.4, -0.2) is 13.7 Å². The highest BCUT2D eigenvalue weighted by atomic mass is 35.5. The molecular formula is C17H18ClNO. The molecule has 1 aliphatic heterocycles. The van der Waals surface area contributed by atoms with Crippen molar-refractivity contribution in [2.45, 2.75) is 19.4 Å². The van der Waals surface area contributed by atoms with E-state index in [1.807, 2.05) is 6.07 Å². The molecule has 3 heteroatoms. The Hall–Kier alpha value is -1.51. The summed E-state index contributed by atoms with van der Waals surface area (Å²) in [5.74, 6) is 0.742. The average Bonchev–Trinajstić information content (AvgIpc) is 2.46. The van der Waals surface area contributed by atoms with E-state index < -0.39 is 0 Å². The van der Waals surface area contributed by atoms with Gasteiger partial charge in [-0.3, -0.25) is 0 Å². The van der Waals surface area contributed by atoms with Gasteiger partial charge in [0, 0.05) is 6.54 Å². The predicted molar refractivity (Wildman–Crippen MR) is 82.7 cm³/mol. The number of methoxy groups -OCH3 is 1. The first-order valence-corrected chi connectivity index (χ1v) is 7.23. The molecule has 1 atom stereocenters. The quantitative estimate of drug-likeness (QED) is 0.905. The van der Waals surface area contributed by atoms with Gasteiger partial charge in [-0.25, -0.2) is 0 Å². The summed E-state index contributed by atoms with van der Waals surface area (Å²) in [7, 11) is 1.66. The lowest BCUT2D eigenvalue weighted by Crippen LogP contribution is -2.30. The van der Waals surface area contributed by atoms with E-state index in [4.69, 9.17) is 16.3 Å². The predicted octanol–water partition coefficient (Wildman–Crippen LogP) is 3.89. The summed E-state index contributed by atoms with van der Waals surface area (Å²) in [6.07, 6.45) is 1.00. The molecule has 104 valence electrons. The average molecular weight is 288 g/mol. The summed E-state index contributed by atoms with van der Waals surface area (Å²) < 4.78 is 5.35. The Bertz CT molecular complexity index is 622. The zero-order chi connectivity index (χ0) is 14.1. The van der Waals surface area contributed by atoms with Gasteiger partial charge in [-0.15, -0.1) is 0 Å². The first-order valence-electron chi connectivity index (χ1n) is 6.85. The number of nitrogens with one attached hydrogen (secondary N) is 1. The van der Waals surface area contributed by atoms with Crippen molar-refractivity contribution in [1.82, 2.24) is 5.32 Å². The number of fused-ring (bicyclic) bond motifs is 1. The van der Waals surface area contributed by atoms with Crippen LogP contribution in [-0.2, 0) is 6.42 Å². The molecule has 0 aromatic heterocycles. The SMILES string of the molecule is COc1cc2c(cc1Cl)CCNC2c1ccc(C)cc1. The molecule has 0 spiro atoms. The molecule has 1 heterocycles. The minimum absolute atomic E-state index is 0.213. The van der Waals surface area contributed by atoms with Gasteiger partial charge in [0.25, 0.3) is 0 Å². The highest BCUT2D eigenvalue weighted by Crippen LogP contribution is 2.35. The van der Waals surface area contributed by atoms with Crippen molar-refractivity contribution in [1.29, 1.82) is 0 Å². The first kappa shape index (κ1) is 13.5. The topological polar surface area (TPSA) is 21.3 Å². The molecular weight excluding hydrogens is 270 g/mol. The van der Waals surface area contributed by atoms with Crippen molar-refractivity contribution in [3.8, 4) is 5.75 Å². The third kappa shape index (κ3) is 2.41. The number of halogens is 1. The van der Waals surface area contributed by atoms with Crippen LogP contribution in [0.3, 0.4) is 0 Å². The van der Waals surface area contributed by atoms with Crippen LogP contribution in [0.1, 0.15) is 28.3 Å². The van der Waals surface area contributed by atoms with Gasteiger partial charge in [0.1, 0.15) is 5.75 Å². The van der Waals surface area contributed by atoms with Gasteiger partial charge in [0.15, 0.2) is 0 Å². The maximum atomic E-state index is 6.23. The molecule has 0 amide bonds. The van der Waals surface area contributed by atoms with Gasteiger partial charge in [-0.1, -0.05) is 41.4 Å². The number of benzene rings is 2. The number of rotatable bonds is 2. The van der Waals surface area contributed by atoms with E-state index in [0.717, 1.165) is 18.7 Å². The molecule has 0 bridgehead atoms. The summed E-state index contributed by atoms with van der Waals surface area (Å²) in [6.45, 7) is 3.07. The number of hydrogen-bond donors (Lipinski definition) is 1. The van der Waals surface area contributed by atoms with Crippen LogP contribution in [0.4, 0.5) is 0 Å². The Balaban J connectivity index is 2.06. The van der Waals surface area contributed by atoms with Gasteiger partial charge in [0.05, 0.1) is 18.2 Å². The van der Waals surface area contributed by atoms with Crippen molar-refractivity contribution in [3.63, 3.8) is 0 Å². The van der Waals surface area contributed by atoms with E-state index in [1.165, 1.54) is 22.3 Å². The van der Waals surface area contributed by atoms with Crippen molar-refractivity contribution < 1.29 is 4.74 Å². The third-order valence-corrected chi connectivity index (χ3v) is 4.17. The zero-order valence-electron chi connectivity index (χ0n) is 11.7. The van der Waals surface area contributed by atoms with E-state index in [-0.39, 0.29) is 6.04 Å². The third-order valence-electron chi connectivity index (χ3n) is 3.88. The van der Waals surface area contributed by atoms with Crippen molar-refractivity contribution in [3.05, 3.63) is 63.7 Å². The molecule has 1 unspecified atom stereocenters. The van der Waals surface area contributed by atoms with E-state index in [1.54, 1.807) is 7.11 Å². The summed E-state index contributed by atoms with van der Waals surface area (Å²) in [4.78, 5) is 0. The van der Waals surface area contributed by atoms with Gasteiger partial charge < -0.3 is 10.1 Å². The van der Waals surface area contributed by atoms with E-state index >= 15 is 0 Å². The highest BCUT2D eigenvalue weighted by molar-refractivity contribution is 6.32. The molecule has 3 rings (SSSR count). The second-order valence-electron chi connectivity index (χ2n) is 5.23. The number of aryl methyl sites for hydroxylation is 1. The van der Waals surface area contributed by atoms with Crippen LogP contribution in [0.2, 0.25) is 5.02 Å². The number of ether oxygens (including phenoxy) is 1. The first-order chi connectivity index (χ1) is 9.69. The number of hydrogen-bond acceptors (Lipinski definition) is 2. The van der Waals surface area contributed by atoms with Crippen LogP contribution in [0.25, 0.3) is 0 Å². The largest absolute Gasteiger partial charge is 0.495 e. The van der Waals surface area contributed by atoms with Crippen LogP contribution < -0.4 is 10.1 Å². The second kappa shape index (κ2) is 5.47. The van der Waals surface area contributed by atoms with Crippen LogP contribution >= 0.6 is 11.6 Å². The highest BCUT2D eigenvalue weighted by Gasteiger charge is 2.23. The summed E-state index contributed by atoms with van der Waals surface area (Å²) in [5.41, 5.74) is 5.13. The fraction of sp³-hybridized carbons (Fsp3) is 0.294. The fourth-order valence-corrected chi connectivity index (χ4v) is 3.03. The molecule has 2 aromatic rings. The second-order valence-corrected chi connectivity index (χ2v) is 5.64. The van der Waals surface area contributed by atoms with Crippen LogP contribution in [0.5, 0.6) is 5.75 Å². The minimum atomic E-state index is 0.213. The van der Waals surface area contributed by atoms with Gasteiger partial charge in [-0.2, -0.15) is 0 Å². The molecule has 0 saturated heterocycles. The maximum absolute atomic E-state index is 6.23. The monoisotopic (exact) mass is 287 g/mol. The van der Waals surface area contributed by atoms with Crippen molar-refractivity contribution >= 4 is 11.6 Å². The molecule has 20 heavy (non-hydrogen) atoms. The zero-order valence-corrected chi connectivity index (χ0v) is 12.5. The molecule has 0 saturated carbocycles. The van der Waals surface area contributed by atoms with E-state index in [2.05, 4.69) is 42.6 Å². The molecule has 0 aliphatic carbocycles. The summed E-state index contributed by atoms with van der Waals surface area (Å²) in [6, 6.07) is 13.0. The molecule has 0 fully saturated rings. The molecule has 2 aromatic carbocycles. The van der Waals surface area contributed by atoms with E-state index in [0.29, 0.717) is 5.02 Å². The normalized spacial score (nSPS) is 17.6. The Morgan fingerprint density at radius 1 is 1.20 bits per heavy atom. The lowest BCUT2D eigenvalue weighted by Gasteiger charge is -2.28. The molecule has 0 radical (unpaired) electrons. The maximum Gasteiger partial charge on any atom is 0.137 e. The fourth-order valence-electron chi connectivity index (χ4n) is 2.77. The minimum Gasteiger partial charge on any atom is -0.495 e. The molecule has 1 aliphatic rings. The standard InChI is InChI=1S/C17H18ClNO/c1-11-3-5-12(6-4-11)17-14-10-16(20-2)15(18)9-13(14)7-8-19-17/h3-6,9-10,17,19H,7-8H2,1-2H3. The molecule has 1 N–H and O–H groups in total. The van der Waals surface area contributed by atoms with Gasteiger partial charge >= 0.3 is 0 Å². The Labute approximate surface area is 124 Å². The lowest BCUT2D eigenvalue weighted by atomic mass is 9.89. The van der Waals surface area contributed by atoms with Crippen molar-refractivity contribution in [2.24, 2.45) is 0 Å². The Morgan fingerprint density at radius 3 is 2.65 bits per heavy atom.